The Morgan fingerprint density at radius 3 is 2.78 bits per heavy atom. The standard InChI is InChI=1S/C12H14ClN3OS/c13-9-5-7(12(14)18)1-4-10(9)15-6-11(17)16-8-2-3-8/h1,4-5,8,15H,2-3,6H2,(H2,14,18)(H,16,17). The van der Waals surface area contributed by atoms with Gasteiger partial charge in [-0.05, 0) is 31.0 Å². The van der Waals surface area contributed by atoms with Crippen LogP contribution >= 0.6 is 23.8 Å². The van der Waals surface area contributed by atoms with Gasteiger partial charge in [-0.15, -0.1) is 0 Å². The SMILES string of the molecule is NC(=S)c1ccc(NCC(=O)NC2CC2)c(Cl)c1. The topological polar surface area (TPSA) is 67.1 Å². The first-order valence-corrected chi connectivity index (χ1v) is 6.47. The van der Waals surface area contributed by atoms with Crippen molar-refractivity contribution in [2.24, 2.45) is 5.73 Å². The lowest BCUT2D eigenvalue weighted by Gasteiger charge is -2.09. The van der Waals surface area contributed by atoms with Crippen LogP contribution in [0.3, 0.4) is 0 Å². The van der Waals surface area contributed by atoms with Crippen molar-refractivity contribution in [3.05, 3.63) is 28.8 Å². The lowest BCUT2D eigenvalue weighted by Crippen LogP contribution is -2.31. The van der Waals surface area contributed by atoms with Gasteiger partial charge in [0.2, 0.25) is 5.91 Å². The van der Waals surface area contributed by atoms with E-state index in [1.54, 1.807) is 18.2 Å². The predicted octanol–water partition coefficient (Wildman–Crippen LogP) is 1.66. The maximum Gasteiger partial charge on any atom is 0.239 e. The fourth-order valence-electron chi connectivity index (χ4n) is 1.49. The maximum atomic E-state index is 11.5. The summed E-state index contributed by atoms with van der Waals surface area (Å²) >= 11 is 10.9. The third-order valence-electron chi connectivity index (χ3n) is 2.64. The number of hydrogen-bond donors (Lipinski definition) is 3. The summed E-state index contributed by atoms with van der Waals surface area (Å²) in [5.41, 5.74) is 6.91. The van der Waals surface area contributed by atoms with Crippen molar-refractivity contribution < 1.29 is 4.79 Å². The number of anilines is 1. The van der Waals surface area contributed by atoms with Crippen molar-refractivity contribution in [2.45, 2.75) is 18.9 Å². The highest BCUT2D eigenvalue weighted by atomic mass is 35.5. The van der Waals surface area contributed by atoms with Crippen molar-refractivity contribution >= 4 is 40.4 Å². The second-order valence-corrected chi connectivity index (χ2v) is 5.10. The van der Waals surface area contributed by atoms with Gasteiger partial charge in [-0.2, -0.15) is 0 Å². The molecule has 0 bridgehead atoms. The summed E-state index contributed by atoms with van der Waals surface area (Å²) < 4.78 is 0. The number of nitrogens with two attached hydrogens (primary N) is 1. The Balaban J connectivity index is 1.92. The number of carbonyl (C=O) groups excluding carboxylic acids is 1. The van der Waals surface area contributed by atoms with Crippen molar-refractivity contribution in [1.29, 1.82) is 0 Å². The molecule has 0 aromatic heterocycles. The average Bonchev–Trinajstić information content (AvgIpc) is 3.11. The van der Waals surface area contributed by atoms with Crippen molar-refractivity contribution in [1.82, 2.24) is 5.32 Å². The molecule has 1 aromatic carbocycles. The summed E-state index contributed by atoms with van der Waals surface area (Å²) in [5, 5.41) is 6.37. The minimum absolute atomic E-state index is 0.0213. The Kier molecular flexibility index (Phi) is 4.04. The molecular formula is C12H14ClN3OS. The van der Waals surface area contributed by atoms with Crippen LogP contribution in [0.15, 0.2) is 18.2 Å². The van der Waals surface area contributed by atoms with Gasteiger partial charge >= 0.3 is 0 Å². The molecule has 1 saturated carbocycles. The lowest BCUT2D eigenvalue weighted by atomic mass is 10.2. The third-order valence-corrected chi connectivity index (χ3v) is 3.18. The highest BCUT2D eigenvalue weighted by Gasteiger charge is 2.22. The van der Waals surface area contributed by atoms with E-state index in [1.165, 1.54) is 0 Å². The van der Waals surface area contributed by atoms with E-state index in [0.29, 0.717) is 27.3 Å². The molecule has 4 N–H and O–H groups in total. The minimum Gasteiger partial charge on any atom is -0.389 e. The highest BCUT2D eigenvalue weighted by Crippen LogP contribution is 2.23. The normalized spacial score (nSPS) is 14.1. The first kappa shape index (κ1) is 13.1. The van der Waals surface area contributed by atoms with Crippen LogP contribution in [-0.2, 0) is 4.79 Å². The van der Waals surface area contributed by atoms with Crippen molar-refractivity contribution in [3.8, 4) is 0 Å². The molecule has 1 fully saturated rings. The summed E-state index contributed by atoms with van der Waals surface area (Å²) in [6.07, 6.45) is 2.16. The molecule has 96 valence electrons. The van der Waals surface area contributed by atoms with Gasteiger partial charge in [-0.1, -0.05) is 23.8 Å². The molecule has 1 aliphatic carbocycles. The lowest BCUT2D eigenvalue weighted by molar-refractivity contribution is -0.119. The Labute approximate surface area is 116 Å². The van der Waals surface area contributed by atoms with Crippen LogP contribution in [0, 0.1) is 0 Å². The molecule has 0 spiro atoms. The van der Waals surface area contributed by atoms with Gasteiger partial charge in [-0.3, -0.25) is 4.79 Å². The molecule has 0 heterocycles. The smallest absolute Gasteiger partial charge is 0.239 e. The monoisotopic (exact) mass is 283 g/mol. The number of carbonyl (C=O) groups is 1. The summed E-state index contributed by atoms with van der Waals surface area (Å²) in [5.74, 6) is -0.0213. The van der Waals surface area contributed by atoms with E-state index < -0.39 is 0 Å². The first-order valence-electron chi connectivity index (χ1n) is 5.69. The van der Waals surface area contributed by atoms with Crippen LogP contribution in [0.2, 0.25) is 5.02 Å². The highest BCUT2D eigenvalue weighted by molar-refractivity contribution is 7.80. The first-order chi connectivity index (χ1) is 8.56. The number of hydrogen-bond acceptors (Lipinski definition) is 3. The fourth-order valence-corrected chi connectivity index (χ4v) is 1.87. The van der Waals surface area contributed by atoms with E-state index in [9.17, 15) is 4.79 Å². The van der Waals surface area contributed by atoms with Gasteiger partial charge in [-0.25, -0.2) is 0 Å². The van der Waals surface area contributed by atoms with Crippen molar-refractivity contribution in [2.75, 3.05) is 11.9 Å². The van der Waals surface area contributed by atoms with Crippen LogP contribution in [0.5, 0.6) is 0 Å². The maximum absolute atomic E-state index is 11.5. The number of benzene rings is 1. The third kappa shape index (κ3) is 3.58. The number of thiocarbonyl (C=S) groups is 1. The Morgan fingerprint density at radius 1 is 1.50 bits per heavy atom. The van der Waals surface area contributed by atoms with Gasteiger partial charge < -0.3 is 16.4 Å². The average molecular weight is 284 g/mol. The zero-order chi connectivity index (χ0) is 13.1. The Hall–Kier alpha value is -1.33. The summed E-state index contributed by atoms with van der Waals surface area (Å²) in [6.45, 7) is 0.211. The molecule has 0 atom stereocenters. The summed E-state index contributed by atoms with van der Waals surface area (Å²) in [6, 6.07) is 5.59. The molecule has 0 radical (unpaired) electrons. The largest absolute Gasteiger partial charge is 0.389 e. The molecule has 0 unspecified atom stereocenters. The molecule has 4 nitrogen and oxygen atoms in total. The van der Waals surface area contributed by atoms with Crippen LogP contribution in [-0.4, -0.2) is 23.5 Å². The fraction of sp³-hybridized carbons (Fsp3) is 0.333. The van der Waals surface area contributed by atoms with Gasteiger partial charge in [0.05, 0.1) is 17.3 Å². The number of rotatable bonds is 5. The van der Waals surface area contributed by atoms with Crippen LogP contribution < -0.4 is 16.4 Å². The van der Waals surface area contributed by atoms with Gasteiger partial charge in [0, 0.05) is 11.6 Å². The van der Waals surface area contributed by atoms with E-state index >= 15 is 0 Å². The number of halogens is 1. The van der Waals surface area contributed by atoms with E-state index in [1.807, 2.05) is 0 Å². The van der Waals surface area contributed by atoms with Crippen molar-refractivity contribution in [3.63, 3.8) is 0 Å². The zero-order valence-corrected chi connectivity index (χ0v) is 11.3. The Bertz CT molecular complexity index is 488. The number of nitrogens with one attached hydrogen (secondary N) is 2. The second-order valence-electron chi connectivity index (χ2n) is 4.25. The minimum atomic E-state index is -0.0213. The van der Waals surface area contributed by atoms with Crippen LogP contribution in [0.4, 0.5) is 5.69 Å². The molecule has 1 aromatic rings. The summed E-state index contributed by atoms with van der Waals surface area (Å²) in [7, 11) is 0. The molecule has 1 aliphatic rings. The van der Waals surface area contributed by atoms with E-state index in [2.05, 4.69) is 10.6 Å². The molecule has 1 amide bonds. The Morgan fingerprint density at radius 2 is 2.22 bits per heavy atom. The molecule has 18 heavy (non-hydrogen) atoms. The van der Waals surface area contributed by atoms with Gasteiger partial charge in [0.1, 0.15) is 4.99 Å². The van der Waals surface area contributed by atoms with Crippen LogP contribution in [0.25, 0.3) is 0 Å². The molecule has 0 aliphatic heterocycles. The second kappa shape index (κ2) is 5.54. The molecule has 2 rings (SSSR count). The molecule has 6 heteroatoms. The van der Waals surface area contributed by atoms with E-state index in [-0.39, 0.29) is 12.5 Å². The van der Waals surface area contributed by atoms with E-state index in [0.717, 1.165) is 12.8 Å². The molecular weight excluding hydrogens is 270 g/mol. The quantitative estimate of drug-likeness (QED) is 0.719. The zero-order valence-electron chi connectivity index (χ0n) is 9.70. The summed E-state index contributed by atoms with van der Waals surface area (Å²) in [4.78, 5) is 11.8. The van der Waals surface area contributed by atoms with Gasteiger partial charge in [0.25, 0.3) is 0 Å². The van der Waals surface area contributed by atoms with Crippen LogP contribution in [0.1, 0.15) is 18.4 Å². The predicted molar refractivity (Wildman–Crippen MR) is 77.0 cm³/mol. The van der Waals surface area contributed by atoms with E-state index in [4.69, 9.17) is 29.6 Å². The number of amides is 1. The molecule has 0 saturated heterocycles. The van der Waals surface area contributed by atoms with Gasteiger partial charge in [0.15, 0.2) is 0 Å².